The molecule has 1 amide bonds. The van der Waals surface area contributed by atoms with Crippen molar-refractivity contribution in [3.05, 3.63) is 101 Å². The number of amides is 1. The summed E-state index contributed by atoms with van der Waals surface area (Å²) in [6.45, 7) is 2.17. The molecule has 3 aromatic rings. The number of carboxylic acid groups (broad SMARTS) is 1. The Labute approximate surface area is 187 Å². The Balaban J connectivity index is 1.69. The number of carbonyl (C=O) groups excluding carboxylic acids is 1. The molecular formula is C26H25NO5. The topological polar surface area (TPSA) is 76.1 Å². The van der Waals surface area contributed by atoms with Crippen molar-refractivity contribution in [2.75, 3.05) is 13.2 Å². The summed E-state index contributed by atoms with van der Waals surface area (Å²) >= 11 is 0. The van der Waals surface area contributed by atoms with Crippen molar-refractivity contribution in [2.45, 2.75) is 26.0 Å². The van der Waals surface area contributed by atoms with Crippen LogP contribution in [-0.2, 0) is 22.6 Å². The molecule has 1 aliphatic heterocycles. The Morgan fingerprint density at radius 2 is 1.75 bits per heavy atom. The molecular weight excluding hydrogens is 406 g/mol. The maximum Gasteiger partial charge on any atom is 0.410 e. The van der Waals surface area contributed by atoms with Gasteiger partial charge < -0.3 is 14.6 Å². The third-order valence-electron chi connectivity index (χ3n) is 5.53. The zero-order valence-corrected chi connectivity index (χ0v) is 17.9. The van der Waals surface area contributed by atoms with Gasteiger partial charge in [-0.2, -0.15) is 0 Å². The van der Waals surface area contributed by atoms with Crippen LogP contribution in [0.5, 0.6) is 5.75 Å². The van der Waals surface area contributed by atoms with Crippen molar-refractivity contribution in [3.8, 4) is 5.75 Å². The van der Waals surface area contributed by atoms with Gasteiger partial charge in [-0.3, -0.25) is 4.90 Å². The normalized spacial score (nSPS) is 15.0. The van der Waals surface area contributed by atoms with Crippen LogP contribution in [0.1, 0.15) is 33.9 Å². The molecule has 32 heavy (non-hydrogen) atoms. The number of fused-ring (bicyclic) bond motifs is 1. The summed E-state index contributed by atoms with van der Waals surface area (Å²) in [6.07, 6.45) is 0.295. The first-order chi connectivity index (χ1) is 15.5. The molecule has 0 saturated heterocycles. The molecule has 0 saturated carbocycles. The van der Waals surface area contributed by atoms with Crippen molar-refractivity contribution in [3.63, 3.8) is 0 Å². The molecule has 0 spiro atoms. The van der Waals surface area contributed by atoms with Crippen LogP contribution in [0.3, 0.4) is 0 Å². The van der Waals surface area contributed by atoms with Gasteiger partial charge in [0.1, 0.15) is 12.4 Å². The number of carbonyl (C=O) groups is 2. The number of benzene rings is 3. The van der Waals surface area contributed by atoms with Crippen molar-refractivity contribution in [1.82, 2.24) is 4.90 Å². The Bertz CT molecular complexity index is 1110. The van der Waals surface area contributed by atoms with Crippen molar-refractivity contribution >= 4 is 12.1 Å². The van der Waals surface area contributed by atoms with E-state index in [1.54, 1.807) is 11.0 Å². The minimum atomic E-state index is -1.06. The standard InChI is InChI=1S/C26H25NO5/c1-18-11-12-23(31-17-24(28)29)22(15-18)25-21-10-6-5-9-20(21)13-14-27(25)26(30)32-16-19-7-3-2-4-8-19/h2-12,15,25H,13-14,16-17H2,1H3,(H,28,29). The fourth-order valence-corrected chi connectivity index (χ4v) is 4.05. The highest BCUT2D eigenvalue weighted by molar-refractivity contribution is 5.71. The van der Waals surface area contributed by atoms with E-state index in [1.165, 1.54) is 0 Å². The molecule has 3 aromatic carbocycles. The Hall–Kier alpha value is -3.80. The molecule has 0 aromatic heterocycles. The van der Waals surface area contributed by atoms with E-state index in [0.29, 0.717) is 18.7 Å². The van der Waals surface area contributed by atoms with E-state index in [2.05, 4.69) is 6.07 Å². The molecule has 6 heteroatoms. The van der Waals surface area contributed by atoms with Gasteiger partial charge in [0.25, 0.3) is 0 Å². The SMILES string of the molecule is Cc1ccc(OCC(=O)O)c(C2c3ccccc3CCN2C(=O)OCc2ccccc2)c1. The van der Waals surface area contributed by atoms with E-state index in [9.17, 15) is 9.59 Å². The summed E-state index contributed by atoms with van der Waals surface area (Å²) in [5.74, 6) is -0.611. The summed E-state index contributed by atoms with van der Waals surface area (Å²) in [5.41, 5.74) is 4.78. The van der Waals surface area contributed by atoms with Gasteiger partial charge in [0.05, 0.1) is 6.04 Å². The van der Waals surface area contributed by atoms with Crippen molar-refractivity contribution in [1.29, 1.82) is 0 Å². The molecule has 0 fully saturated rings. The van der Waals surface area contributed by atoms with Crippen molar-refractivity contribution in [2.24, 2.45) is 0 Å². The lowest BCUT2D eigenvalue weighted by molar-refractivity contribution is -0.139. The molecule has 164 valence electrons. The smallest absolute Gasteiger partial charge is 0.410 e. The van der Waals surface area contributed by atoms with E-state index in [-0.39, 0.29) is 6.61 Å². The number of ether oxygens (including phenoxy) is 2. The van der Waals surface area contributed by atoms with E-state index in [0.717, 1.165) is 27.8 Å². The average molecular weight is 431 g/mol. The lowest BCUT2D eigenvalue weighted by atomic mass is 9.87. The number of nitrogens with zero attached hydrogens (tertiary/aromatic N) is 1. The van der Waals surface area contributed by atoms with Gasteiger partial charge in [-0.05, 0) is 42.2 Å². The van der Waals surface area contributed by atoms with Gasteiger partial charge >= 0.3 is 12.1 Å². The Morgan fingerprint density at radius 3 is 2.53 bits per heavy atom. The molecule has 0 bridgehead atoms. The molecule has 4 rings (SSSR count). The second-order valence-electron chi connectivity index (χ2n) is 7.81. The van der Waals surface area contributed by atoms with Gasteiger partial charge in [0, 0.05) is 12.1 Å². The first kappa shape index (κ1) is 21.4. The van der Waals surface area contributed by atoms with Crippen molar-refractivity contribution < 1.29 is 24.2 Å². The number of aryl methyl sites for hydroxylation is 1. The molecule has 1 unspecified atom stereocenters. The largest absolute Gasteiger partial charge is 0.482 e. The van der Waals surface area contributed by atoms with Gasteiger partial charge in [-0.25, -0.2) is 9.59 Å². The fraction of sp³-hybridized carbons (Fsp3) is 0.231. The van der Waals surface area contributed by atoms with Crippen LogP contribution in [0.4, 0.5) is 4.79 Å². The fourth-order valence-electron chi connectivity index (χ4n) is 4.05. The zero-order valence-electron chi connectivity index (χ0n) is 17.9. The van der Waals surface area contributed by atoms with Crippen LogP contribution in [0.2, 0.25) is 0 Å². The highest BCUT2D eigenvalue weighted by atomic mass is 16.6. The second-order valence-corrected chi connectivity index (χ2v) is 7.81. The summed E-state index contributed by atoms with van der Waals surface area (Å²) in [4.78, 5) is 26.0. The Morgan fingerprint density at radius 1 is 1.00 bits per heavy atom. The first-order valence-corrected chi connectivity index (χ1v) is 10.5. The number of hydrogen-bond acceptors (Lipinski definition) is 4. The van der Waals surface area contributed by atoms with Crippen LogP contribution in [0.25, 0.3) is 0 Å². The number of carboxylic acids is 1. The minimum Gasteiger partial charge on any atom is -0.482 e. The summed E-state index contributed by atoms with van der Waals surface area (Å²) in [5, 5.41) is 9.10. The minimum absolute atomic E-state index is 0.181. The summed E-state index contributed by atoms with van der Waals surface area (Å²) < 4.78 is 11.3. The predicted molar refractivity (Wildman–Crippen MR) is 120 cm³/mol. The maximum atomic E-state index is 13.2. The molecule has 6 nitrogen and oxygen atoms in total. The molecule has 0 radical (unpaired) electrons. The van der Waals surface area contributed by atoms with Gasteiger partial charge in [-0.1, -0.05) is 66.2 Å². The molecule has 1 aliphatic rings. The zero-order chi connectivity index (χ0) is 22.5. The lowest BCUT2D eigenvalue weighted by Crippen LogP contribution is -2.41. The third-order valence-corrected chi connectivity index (χ3v) is 5.53. The van der Waals surface area contributed by atoms with E-state index >= 15 is 0 Å². The maximum absolute atomic E-state index is 13.2. The van der Waals surface area contributed by atoms with Crippen LogP contribution < -0.4 is 4.74 Å². The average Bonchev–Trinajstić information content (AvgIpc) is 2.81. The summed E-state index contributed by atoms with van der Waals surface area (Å²) in [7, 11) is 0. The van der Waals surface area contributed by atoms with E-state index in [4.69, 9.17) is 14.6 Å². The van der Waals surface area contributed by atoms with Crippen LogP contribution in [0.15, 0.2) is 72.8 Å². The van der Waals surface area contributed by atoms with Crippen LogP contribution >= 0.6 is 0 Å². The molecule has 1 N–H and O–H groups in total. The highest BCUT2D eigenvalue weighted by Gasteiger charge is 2.35. The van der Waals surface area contributed by atoms with Gasteiger partial charge in [0.15, 0.2) is 6.61 Å². The van der Waals surface area contributed by atoms with Crippen LogP contribution in [-0.4, -0.2) is 35.2 Å². The third kappa shape index (κ3) is 4.75. The second kappa shape index (κ2) is 9.56. The molecule has 0 aliphatic carbocycles. The quantitative estimate of drug-likeness (QED) is 0.610. The Kier molecular flexibility index (Phi) is 6.40. The van der Waals surface area contributed by atoms with E-state index in [1.807, 2.05) is 67.6 Å². The van der Waals surface area contributed by atoms with Gasteiger partial charge in [-0.15, -0.1) is 0 Å². The monoisotopic (exact) mass is 431 g/mol. The lowest BCUT2D eigenvalue weighted by Gasteiger charge is -2.37. The molecule has 1 heterocycles. The van der Waals surface area contributed by atoms with E-state index < -0.39 is 24.7 Å². The first-order valence-electron chi connectivity index (χ1n) is 10.5. The number of hydrogen-bond donors (Lipinski definition) is 1. The summed E-state index contributed by atoms with van der Waals surface area (Å²) in [6, 6.07) is 22.7. The number of aliphatic carboxylic acids is 1. The predicted octanol–water partition coefficient (Wildman–Crippen LogP) is 4.74. The number of rotatable bonds is 6. The van der Waals surface area contributed by atoms with Gasteiger partial charge in [0.2, 0.25) is 0 Å². The van der Waals surface area contributed by atoms with Crippen LogP contribution in [0, 0.1) is 6.92 Å². The molecule has 1 atom stereocenters. The highest BCUT2D eigenvalue weighted by Crippen LogP contribution is 2.40.